The van der Waals surface area contributed by atoms with Gasteiger partial charge in [-0.3, -0.25) is 10.1 Å². The minimum atomic E-state index is -0.378. The van der Waals surface area contributed by atoms with Gasteiger partial charge in [-0.25, -0.2) is 9.38 Å². The largest absolute Gasteiger partial charge is 0.465 e. The fourth-order valence-electron chi connectivity index (χ4n) is 2.43. The van der Waals surface area contributed by atoms with Gasteiger partial charge in [-0.2, -0.15) is 0 Å². The summed E-state index contributed by atoms with van der Waals surface area (Å²) >= 11 is 0. The highest BCUT2D eigenvalue weighted by Gasteiger charge is 2.12. The van der Waals surface area contributed by atoms with Crippen molar-refractivity contribution in [2.45, 2.75) is 46.6 Å². The van der Waals surface area contributed by atoms with E-state index in [4.69, 9.17) is 4.74 Å². The molecule has 0 spiro atoms. The van der Waals surface area contributed by atoms with Crippen LogP contribution in [0.15, 0.2) is 29.3 Å². The smallest absolute Gasteiger partial charge is 0.291 e. The lowest BCUT2D eigenvalue weighted by Crippen LogP contribution is -2.33. The van der Waals surface area contributed by atoms with Crippen LogP contribution in [0.25, 0.3) is 0 Å². The molecule has 0 heterocycles. The molecule has 6 heteroatoms. The van der Waals surface area contributed by atoms with Crippen molar-refractivity contribution in [2.24, 2.45) is 4.99 Å². The Morgan fingerprint density at radius 2 is 1.88 bits per heavy atom. The van der Waals surface area contributed by atoms with E-state index in [1.807, 2.05) is 13.8 Å². The van der Waals surface area contributed by atoms with Crippen molar-refractivity contribution in [1.29, 1.82) is 0 Å². The van der Waals surface area contributed by atoms with E-state index in [0.717, 1.165) is 32.5 Å². The lowest BCUT2D eigenvalue weighted by molar-refractivity contribution is 0.0966. The van der Waals surface area contributed by atoms with Crippen LogP contribution in [0.4, 0.5) is 4.39 Å². The van der Waals surface area contributed by atoms with Crippen molar-refractivity contribution in [3.05, 3.63) is 35.6 Å². The van der Waals surface area contributed by atoms with Gasteiger partial charge in [0.05, 0.1) is 12.6 Å². The molecular formula is C19H30FN3O2. The van der Waals surface area contributed by atoms with Crippen molar-refractivity contribution in [1.82, 2.24) is 10.2 Å². The quantitative estimate of drug-likeness (QED) is 0.547. The second-order valence-corrected chi connectivity index (χ2v) is 5.85. The fourth-order valence-corrected chi connectivity index (χ4v) is 2.43. The maximum atomic E-state index is 12.9. The molecule has 0 radical (unpaired) electrons. The molecule has 1 rings (SSSR count). The third kappa shape index (κ3) is 8.12. The van der Waals surface area contributed by atoms with Crippen LogP contribution in [0.5, 0.6) is 0 Å². The lowest BCUT2D eigenvalue weighted by atomic mass is 10.2. The van der Waals surface area contributed by atoms with Crippen molar-refractivity contribution >= 4 is 11.9 Å². The van der Waals surface area contributed by atoms with Gasteiger partial charge in [0, 0.05) is 5.56 Å². The van der Waals surface area contributed by atoms with Crippen LogP contribution >= 0.6 is 0 Å². The van der Waals surface area contributed by atoms with Crippen LogP contribution in [-0.2, 0) is 4.74 Å². The van der Waals surface area contributed by atoms with Crippen LogP contribution < -0.4 is 5.32 Å². The summed E-state index contributed by atoms with van der Waals surface area (Å²) in [5.74, 6) is -0.736. The molecule has 1 aromatic carbocycles. The summed E-state index contributed by atoms with van der Waals surface area (Å²) < 4.78 is 18.4. The zero-order valence-corrected chi connectivity index (χ0v) is 15.7. The molecule has 1 atom stereocenters. The Kier molecular flexibility index (Phi) is 9.77. The molecule has 5 nitrogen and oxygen atoms in total. The van der Waals surface area contributed by atoms with Gasteiger partial charge in [-0.1, -0.05) is 13.8 Å². The molecule has 140 valence electrons. The van der Waals surface area contributed by atoms with E-state index in [-0.39, 0.29) is 23.8 Å². The van der Waals surface area contributed by atoms with Gasteiger partial charge in [0.2, 0.25) is 0 Å². The van der Waals surface area contributed by atoms with Crippen LogP contribution in [0.1, 0.15) is 50.9 Å². The number of amides is 1. The first-order valence-electron chi connectivity index (χ1n) is 8.99. The lowest BCUT2D eigenvalue weighted by Gasteiger charge is -2.18. The average molecular weight is 351 g/mol. The van der Waals surface area contributed by atoms with E-state index < -0.39 is 0 Å². The molecule has 1 aromatic rings. The topological polar surface area (TPSA) is 53.9 Å². The maximum absolute atomic E-state index is 12.9. The number of hydrogen-bond donors (Lipinski definition) is 1. The number of aliphatic imine (C=N–C) groups is 1. The summed E-state index contributed by atoms with van der Waals surface area (Å²) in [6, 6.07) is 5.63. The van der Waals surface area contributed by atoms with Gasteiger partial charge in [-0.15, -0.1) is 0 Å². The minimum absolute atomic E-state index is 0.0469. The molecule has 0 aromatic heterocycles. The highest BCUT2D eigenvalue weighted by atomic mass is 19.1. The molecule has 1 amide bonds. The van der Waals surface area contributed by atoms with Gasteiger partial charge in [-0.05, 0) is 70.6 Å². The maximum Gasteiger partial charge on any atom is 0.291 e. The minimum Gasteiger partial charge on any atom is -0.465 e. The molecule has 0 bridgehead atoms. The number of carbonyl (C=O) groups is 1. The summed E-state index contributed by atoms with van der Waals surface area (Å²) in [5.41, 5.74) is 0.364. The highest BCUT2D eigenvalue weighted by molar-refractivity contribution is 6.04. The van der Waals surface area contributed by atoms with Crippen LogP contribution in [0.2, 0.25) is 0 Å². The molecule has 25 heavy (non-hydrogen) atoms. The summed E-state index contributed by atoms with van der Waals surface area (Å²) in [6.45, 7) is 11.7. The van der Waals surface area contributed by atoms with E-state index in [1.54, 1.807) is 0 Å². The predicted molar refractivity (Wildman–Crippen MR) is 99.4 cm³/mol. The number of ether oxygens (including phenoxy) is 1. The third-order valence-corrected chi connectivity index (χ3v) is 3.94. The van der Waals surface area contributed by atoms with Crippen molar-refractivity contribution < 1.29 is 13.9 Å². The number of rotatable bonds is 9. The van der Waals surface area contributed by atoms with Crippen molar-refractivity contribution in [3.8, 4) is 0 Å². The van der Waals surface area contributed by atoms with Gasteiger partial charge >= 0.3 is 0 Å². The standard InChI is InChI=1S/C19H30FN3O2/c1-5-23(6-2)14-8-9-15(4)21-19(25-7-3)22-18(24)16-10-12-17(20)13-11-16/h10-13,15H,5-9,14H2,1-4H3,(H,21,22,24)/t15-/m1/s1. The summed E-state index contributed by atoms with van der Waals surface area (Å²) in [7, 11) is 0. The number of nitrogens with zero attached hydrogens (tertiary/aromatic N) is 2. The Morgan fingerprint density at radius 1 is 1.24 bits per heavy atom. The van der Waals surface area contributed by atoms with E-state index in [0.29, 0.717) is 12.2 Å². The summed E-state index contributed by atoms with van der Waals surface area (Å²) in [6.07, 6.45) is 1.96. The van der Waals surface area contributed by atoms with E-state index in [9.17, 15) is 9.18 Å². The van der Waals surface area contributed by atoms with E-state index >= 15 is 0 Å². The molecule has 1 N–H and O–H groups in total. The van der Waals surface area contributed by atoms with E-state index in [2.05, 4.69) is 29.1 Å². The molecule has 0 aliphatic carbocycles. The molecule has 0 saturated heterocycles. The number of halogens is 1. The van der Waals surface area contributed by atoms with Gasteiger partial charge < -0.3 is 9.64 Å². The highest BCUT2D eigenvalue weighted by Crippen LogP contribution is 2.05. The summed E-state index contributed by atoms with van der Waals surface area (Å²) in [4.78, 5) is 19.0. The first kappa shape index (κ1) is 21.1. The molecule has 0 saturated carbocycles. The third-order valence-electron chi connectivity index (χ3n) is 3.94. The molecule has 0 aliphatic heterocycles. The first-order chi connectivity index (χ1) is 12.0. The first-order valence-corrected chi connectivity index (χ1v) is 8.99. The number of carbonyl (C=O) groups excluding carboxylic acids is 1. The zero-order valence-electron chi connectivity index (χ0n) is 15.7. The molecule has 0 fully saturated rings. The second-order valence-electron chi connectivity index (χ2n) is 5.85. The molecule has 0 unspecified atom stereocenters. The normalized spacial score (nSPS) is 13.0. The Hall–Kier alpha value is -1.95. The molecular weight excluding hydrogens is 321 g/mol. The Bertz CT molecular complexity index is 542. The average Bonchev–Trinajstić information content (AvgIpc) is 2.59. The Morgan fingerprint density at radius 3 is 2.44 bits per heavy atom. The van der Waals surface area contributed by atoms with Crippen LogP contribution in [0, 0.1) is 5.82 Å². The van der Waals surface area contributed by atoms with Crippen LogP contribution in [-0.4, -0.2) is 49.1 Å². The van der Waals surface area contributed by atoms with Gasteiger partial charge in [0.25, 0.3) is 11.9 Å². The number of benzene rings is 1. The van der Waals surface area contributed by atoms with E-state index in [1.165, 1.54) is 24.3 Å². The Labute approximate surface area is 150 Å². The van der Waals surface area contributed by atoms with Gasteiger partial charge in [0.15, 0.2) is 0 Å². The second kappa shape index (κ2) is 11.6. The monoisotopic (exact) mass is 351 g/mol. The SMILES string of the molecule is CCOC(=N[C@H](C)CCCN(CC)CC)NC(=O)c1ccc(F)cc1. The summed E-state index contributed by atoms with van der Waals surface area (Å²) in [5, 5.41) is 2.66. The molecule has 0 aliphatic rings. The van der Waals surface area contributed by atoms with Gasteiger partial charge in [0.1, 0.15) is 5.82 Å². The number of hydrogen-bond acceptors (Lipinski definition) is 4. The predicted octanol–water partition coefficient (Wildman–Crippen LogP) is 3.46. The van der Waals surface area contributed by atoms with Crippen LogP contribution in [0.3, 0.4) is 0 Å². The number of nitrogens with one attached hydrogen (secondary N) is 1. The van der Waals surface area contributed by atoms with Crippen molar-refractivity contribution in [2.75, 3.05) is 26.2 Å². The zero-order chi connectivity index (χ0) is 18.7. The fraction of sp³-hybridized carbons (Fsp3) is 0.579. The Balaban J connectivity index is 2.59. The number of amidine groups is 1. The van der Waals surface area contributed by atoms with Crippen molar-refractivity contribution in [3.63, 3.8) is 0 Å².